The average molecular weight is 615 g/mol. The summed E-state index contributed by atoms with van der Waals surface area (Å²) >= 11 is 6.14. The average Bonchev–Trinajstić information content (AvgIpc) is 2.96. The molecule has 42 heavy (non-hydrogen) atoms. The second-order valence-electron chi connectivity index (χ2n) is 10.9. The molecule has 1 unspecified atom stereocenters. The molecule has 228 valence electrons. The molecule has 1 fully saturated rings. The molecule has 0 aliphatic carbocycles. The Morgan fingerprint density at radius 3 is 2.48 bits per heavy atom. The minimum atomic E-state index is -2.95. The number of nitrogens with one attached hydrogen (secondary N) is 3. The second-order valence-corrected chi connectivity index (χ2v) is 13.5. The number of anilines is 2. The van der Waals surface area contributed by atoms with Crippen molar-refractivity contribution in [2.45, 2.75) is 57.7 Å². The highest BCUT2D eigenvalue weighted by Crippen LogP contribution is 2.50. The van der Waals surface area contributed by atoms with Crippen molar-refractivity contribution in [2.75, 3.05) is 35.0 Å². The van der Waals surface area contributed by atoms with Crippen molar-refractivity contribution in [1.82, 2.24) is 10.6 Å². The second kappa shape index (κ2) is 15.1. The summed E-state index contributed by atoms with van der Waals surface area (Å²) in [7, 11) is -2.95. The molecule has 3 atom stereocenters. The molecular weight excluding hydrogens is 572 g/mol. The quantitative estimate of drug-likeness (QED) is 0.141. The van der Waals surface area contributed by atoms with E-state index in [0.29, 0.717) is 41.5 Å². The molecule has 1 saturated heterocycles. The van der Waals surface area contributed by atoms with Crippen LogP contribution in [-0.4, -0.2) is 63.7 Å². The van der Waals surface area contributed by atoms with E-state index in [4.69, 9.17) is 11.6 Å². The fourth-order valence-electron chi connectivity index (χ4n) is 5.25. The van der Waals surface area contributed by atoms with E-state index in [1.165, 1.54) is 0 Å². The van der Waals surface area contributed by atoms with Crippen LogP contribution in [0.25, 0.3) is 0 Å². The minimum Gasteiger partial charge on any atom is -0.390 e. The molecule has 10 heteroatoms. The van der Waals surface area contributed by atoms with Gasteiger partial charge in [-0.15, -0.1) is 10.8 Å². The highest BCUT2D eigenvalue weighted by molar-refractivity contribution is 8.25. The largest absolute Gasteiger partial charge is 0.390 e. The van der Waals surface area contributed by atoms with Crippen LogP contribution in [0.4, 0.5) is 11.4 Å². The molecule has 1 aliphatic heterocycles. The number of aliphatic hydroxyl groups is 1. The number of aliphatic hydroxyl groups excluding tert-OH is 1. The van der Waals surface area contributed by atoms with Crippen LogP contribution >= 0.6 is 22.4 Å². The van der Waals surface area contributed by atoms with Crippen LogP contribution in [0.1, 0.15) is 48.2 Å². The molecule has 1 aliphatic rings. The first-order chi connectivity index (χ1) is 20.1. The van der Waals surface area contributed by atoms with Gasteiger partial charge >= 0.3 is 0 Å². The van der Waals surface area contributed by atoms with E-state index in [1.807, 2.05) is 67.6 Å². The molecule has 0 spiro atoms. The zero-order chi connectivity index (χ0) is 30.1. The first kappa shape index (κ1) is 32.1. The minimum absolute atomic E-state index is 0.0785. The fraction of sp³-hybridized carbons (Fsp3) is 0.406. The number of carbonyl (C=O) groups is 1. The number of hydrogen-bond donors (Lipinski definition) is 6. The molecule has 4 rings (SSSR count). The lowest BCUT2D eigenvalue weighted by atomic mass is 9.99. The van der Waals surface area contributed by atoms with Crippen molar-refractivity contribution in [3.63, 3.8) is 0 Å². The molecule has 1 amide bonds. The van der Waals surface area contributed by atoms with Crippen molar-refractivity contribution in [3.8, 4) is 0 Å². The van der Waals surface area contributed by atoms with Gasteiger partial charge in [0.2, 0.25) is 0 Å². The summed E-state index contributed by atoms with van der Waals surface area (Å²) in [6, 6.07) is 22.3. The van der Waals surface area contributed by atoms with Gasteiger partial charge in [-0.05, 0) is 81.0 Å². The van der Waals surface area contributed by atoms with Gasteiger partial charge in [-0.2, -0.15) is 0 Å². The molecule has 3 aromatic carbocycles. The Bertz CT molecular complexity index is 1310. The van der Waals surface area contributed by atoms with Gasteiger partial charge in [0.1, 0.15) is 0 Å². The van der Waals surface area contributed by atoms with Gasteiger partial charge in [-0.1, -0.05) is 54.1 Å². The first-order valence-corrected chi connectivity index (χ1v) is 16.6. The maximum absolute atomic E-state index is 13.7. The number of nitrogens with zero attached hydrogens (tertiary/aromatic N) is 1. The predicted octanol–water partition coefficient (Wildman–Crippen LogP) is 5.96. The Balaban J connectivity index is 1.51. The van der Waals surface area contributed by atoms with Crippen LogP contribution in [0.15, 0.2) is 72.8 Å². The molecule has 0 bridgehead atoms. The summed E-state index contributed by atoms with van der Waals surface area (Å²) in [4.78, 5) is 13.7. The van der Waals surface area contributed by atoms with Crippen molar-refractivity contribution in [1.29, 1.82) is 0 Å². The van der Waals surface area contributed by atoms with Gasteiger partial charge in [-0.25, -0.2) is 0 Å². The number of amides is 1. The van der Waals surface area contributed by atoms with E-state index >= 15 is 0 Å². The highest BCUT2D eigenvalue weighted by atomic mass is 35.5. The predicted molar refractivity (Wildman–Crippen MR) is 175 cm³/mol. The number of rotatable bonds is 13. The number of halogens is 1. The smallest absolute Gasteiger partial charge is 0.251 e. The van der Waals surface area contributed by atoms with Gasteiger partial charge in [0.05, 0.1) is 23.6 Å². The SMILES string of the molecule is CCNc1cc(C(=O)N[C@@H](Cc2ccccc2)[C@H](O)CNC(C)Cc2cccc(Cl)c2)cc(N2CCCCS2(O)O)c1. The first-order valence-electron chi connectivity index (χ1n) is 14.6. The zero-order valence-electron chi connectivity index (χ0n) is 24.3. The van der Waals surface area contributed by atoms with Crippen LogP contribution < -0.4 is 20.3 Å². The van der Waals surface area contributed by atoms with Crippen LogP contribution in [0.5, 0.6) is 0 Å². The van der Waals surface area contributed by atoms with Crippen molar-refractivity contribution >= 4 is 39.7 Å². The van der Waals surface area contributed by atoms with Gasteiger partial charge in [0.25, 0.3) is 5.91 Å². The molecule has 3 aromatic rings. The lowest BCUT2D eigenvalue weighted by Crippen LogP contribution is -2.50. The Morgan fingerprint density at radius 2 is 1.76 bits per heavy atom. The topological polar surface area (TPSA) is 117 Å². The monoisotopic (exact) mass is 614 g/mol. The normalized spacial score (nSPS) is 17.6. The van der Waals surface area contributed by atoms with Crippen LogP contribution in [0, 0.1) is 0 Å². The molecule has 1 heterocycles. The maximum atomic E-state index is 13.7. The van der Waals surface area contributed by atoms with Gasteiger partial charge in [-0.3, -0.25) is 18.2 Å². The van der Waals surface area contributed by atoms with E-state index in [-0.39, 0.29) is 18.5 Å². The number of benzene rings is 3. The molecule has 6 N–H and O–H groups in total. The zero-order valence-corrected chi connectivity index (χ0v) is 25.9. The highest BCUT2D eigenvalue weighted by Gasteiger charge is 2.29. The fourth-order valence-corrected chi connectivity index (χ4v) is 7.14. The van der Waals surface area contributed by atoms with Crippen molar-refractivity contribution in [3.05, 3.63) is 94.5 Å². The van der Waals surface area contributed by atoms with E-state index < -0.39 is 22.9 Å². The van der Waals surface area contributed by atoms with Crippen molar-refractivity contribution in [2.24, 2.45) is 0 Å². The summed E-state index contributed by atoms with van der Waals surface area (Å²) in [6.07, 6.45) is 1.94. The van der Waals surface area contributed by atoms with Crippen LogP contribution in [-0.2, 0) is 12.8 Å². The molecular formula is C32H43ClN4O4S. The van der Waals surface area contributed by atoms with E-state index in [2.05, 4.69) is 22.9 Å². The van der Waals surface area contributed by atoms with Gasteiger partial charge < -0.3 is 21.1 Å². The standard InChI is InChI=1S/C32H43ClN4O4S/c1-3-34-28-19-26(20-29(21-28)37-14-7-8-15-42(37,40)41)32(39)36-30(18-24-10-5-4-6-11-24)31(38)22-35-23(2)16-25-12-9-13-27(33)17-25/h4-6,9-13,17,19-21,23,30-31,34-35,38,40-41H,3,7-8,14-16,18,22H2,1-2H3,(H,36,39)/t23?,30-,31+/m0/s1. The van der Waals surface area contributed by atoms with Crippen LogP contribution in [0.2, 0.25) is 5.02 Å². The molecule has 8 nitrogen and oxygen atoms in total. The van der Waals surface area contributed by atoms with Crippen molar-refractivity contribution < 1.29 is 19.0 Å². The summed E-state index contributed by atoms with van der Waals surface area (Å²) in [5.41, 5.74) is 3.80. The molecule has 0 aromatic heterocycles. The third kappa shape index (κ3) is 9.10. The summed E-state index contributed by atoms with van der Waals surface area (Å²) in [5, 5.41) is 21.7. The van der Waals surface area contributed by atoms with E-state index in [1.54, 1.807) is 16.4 Å². The Kier molecular flexibility index (Phi) is 11.5. The Morgan fingerprint density at radius 1 is 1.00 bits per heavy atom. The third-order valence-corrected chi connectivity index (χ3v) is 9.59. The molecule has 0 radical (unpaired) electrons. The lowest BCUT2D eigenvalue weighted by Gasteiger charge is -2.47. The number of carbonyl (C=O) groups excluding carboxylic acids is 1. The lowest BCUT2D eigenvalue weighted by molar-refractivity contribution is 0.0826. The number of hydrogen-bond acceptors (Lipinski definition) is 7. The summed E-state index contributed by atoms with van der Waals surface area (Å²) < 4.78 is 23.1. The van der Waals surface area contributed by atoms with E-state index in [0.717, 1.165) is 36.1 Å². The maximum Gasteiger partial charge on any atom is 0.251 e. The summed E-state index contributed by atoms with van der Waals surface area (Å²) in [5.74, 6) is -0.0231. The van der Waals surface area contributed by atoms with Gasteiger partial charge in [0.15, 0.2) is 0 Å². The van der Waals surface area contributed by atoms with Gasteiger partial charge in [0, 0.05) is 41.9 Å². The van der Waals surface area contributed by atoms with E-state index in [9.17, 15) is 19.0 Å². The molecule has 0 saturated carbocycles. The summed E-state index contributed by atoms with van der Waals surface area (Å²) in [6.45, 7) is 5.46. The Hall–Kier alpha value is -2.79. The van der Waals surface area contributed by atoms with Crippen LogP contribution in [0.3, 0.4) is 0 Å². The Labute approximate surface area is 256 Å². The third-order valence-electron chi connectivity index (χ3n) is 7.42.